The van der Waals surface area contributed by atoms with Crippen molar-refractivity contribution in [1.29, 1.82) is 0 Å². The van der Waals surface area contributed by atoms with Crippen LogP contribution >= 0.6 is 22.7 Å². The van der Waals surface area contributed by atoms with E-state index in [1.54, 1.807) is 0 Å². The van der Waals surface area contributed by atoms with E-state index in [2.05, 4.69) is 73.7 Å². The zero-order valence-electron chi connectivity index (χ0n) is 14.8. The molecule has 0 fully saturated rings. The average Bonchev–Trinajstić information content (AvgIpc) is 3.22. The van der Waals surface area contributed by atoms with Crippen molar-refractivity contribution < 1.29 is 0 Å². The van der Waals surface area contributed by atoms with Crippen LogP contribution in [-0.4, -0.2) is 0 Å². The van der Waals surface area contributed by atoms with Crippen molar-refractivity contribution in [2.75, 3.05) is 0 Å². The minimum Gasteiger partial charge on any atom is -0.134 e. The van der Waals surface area contributed by atoms with Gasteiger partial charge in [-0.3, -0.25) is 0 Å². The van der Waals surface area contributed by atoms with Crippen LogP contribution < -0.4 is 0 Å². The van der Waals surface area contributed by atoms with E-state index in [0.29, 0.717) is 0 Å². The predicted molar refractivity (Wildman–Crippen MR) is 119 cm³/mol. The third-order valence-corrected chi connectivity index (χ3v) is 7.57. The molecule has 0 nitrogen and oxygen atoms in total. The average molecular weight is 373 g/mol. The number of benzene rings is 3. The minimum atomic E-state index is 1.19. The Balaban J connectivity index is 1.65. The molecule has 0 aliphatic rings. The molecule has 0 atom stereocenters. The summed E-state index contributed by atoms with van der Waals surface area (Å²) in [6.45, 7) is 2.26. The molecule has 0 aliphatic heterocycles. The number of fused-ring (bicyclic) bond motifs is 5. The van der Waals surface area contributed by atoms with Gasteiger partial charge >= 0.3 is 0 Å². The van der Waals surface area contributed by atoms with Crippen molar-refractivity contribution >= 4 is 52.2 Å². The lowest BCUT2D eigenvalue weighted by Crippen LogP contribution is -1.82. The fourth-order valence-corrected chi connectivity index (χ4v) is 6.40. The highest BCUT2D eigenvalue weighted by Crippen LogP contribution is 2.45. The summed E-state index contributed by atoms with van der Waals surface area (Å²) >= 11 is 3.90. The van der Waals surface area contributed by atoms with Gasteiger partial charge in [-0.05, 0) is 41.7 Å². The first-order valence-electron chi connectivity index (χ1n) is 9.26. The summed E-state index contributed by atoms with van der Waals surface area (Å²) < 4.78 is 5.73. The number of hydrogen-bond acceptors (Lipinski definition) is 2. The summed E-state index contributed by atoms with van der Waals surface area (Å²) in [7, 11) is 0. The molecule has 5 rings (SSSR count). The summed E-state index contributed by atoms with van der Waals surface area (Å²) in [5.74, 6) is 0. The molecule has 0 saturated heterocycles. The zero-order valence-corrected chi connectivity index (χ0v) is 16.4. The first-order valence-corrected chi connectivity index (χ1v) is 10.9. The lowest BCUT2D eigenvalue weighted by Gasteiger charge is -2.01. The monoisotopic (exact) mass is 372 g/mol. The van der Waals surface area contributed by atoms with E-state index in [0.717, 1.165) is 0 Å². The molecule has 26 heavy (non-hydrogen) atoms. The van der Waals surface area contributed by atoms with Crippen LogP contribution in [0.1, 0.15) is 25.3 Å². The Hall–Kier alpha value is -2.16. The van der Waals surface area contributed by atoms with E-state index < -0.39 is 0 Å². The molecule has 3 aromatic carbocycles. The SMILES string of the molecule is CCCCc1ccc2c(c1)sc1c3ccc(-c4ccccc4)cc3sc21. The van der Waals surface area contributed by atoms with Gasteiger partial charge in [0.25, 0.3) is 0 Å². The van der Waals surface area contributed by atoms with Gasteiger partial charge in [-0.1, -0.05) is 67.9 Å². The van der Waals surface area contributed by atoms with E-state index in [1.165, 1.54) is 65.5 Å². The Kier molecular flexibility index (Phi) is 4.03. The van der Waals surface area contributed by atoms with Gasteiger partial charge < -0.3 is 0 Å². The number of rotatable bonds is 4. The van der Waals surface area contributed by atoms with Crippen molar-refractivity contribution in [2.45, 2.75) is 26.2 Å². The number of unbranched alkanes of at least 4 members (excludes halogenated alkanes) is 1. The molecule has 0 bridgehead atoms. The Labute approximate surface area is 161 Å². The van der Waals surface area contributed by atoms with Crippen LogP contribution in [0.25, 0.3) is 40.7 Å². The Morgan fingerprint density at radius 1 is 0.692 bits per heavy atom. The molecule has 0 amide bonds. The lowest BCUT2D eigenvalue weighted by molar-refractivity contribution is 0.796. The first kappa shape index (κ1) is 16.0. The highest BCUT2D eigenvalue weighted by atomic mass is 32.1. The Morgan fingerprint density at radius 2 is 1.38 bits per heavy atom. The fraction of sp³-hybridized carbons (Fsp3) is 0.167. The van der Waals surface area contributed by atoms with Crippen molar-refractivity contribution in [3.8, 4) is 11.1 Å². The van der Waals surface area contributed by atoms with Crippen LogP contribution in [0, 0.1) is 0 Å². The van der Waals surface area contributed by atoms with E-state index in [-0.39, 0.29) is 0 Å². The van der Waals surface area contributed by atoms with Crippen molar-refractivity contribution in [3.63, 3.8) is 0 Å². The van der Waals surface area contributed by atoms with Gasteiger partial charge in [-0.2, -0.15) is 0 Å². The van der Waals surface area contributed by atoms with Gasteiger partial charge in [0, 0.05) is 20.2 Å². The van der Waals surface area contributed by atoms with Gasteiger partial charge in [-0.15, -0.1) is 22.7 Å². The van der Waals surface area contributed by atoms with Gasteiger partial charge in [-0.25, -0.2) is 0 Å². The quantitative estimate of drug-likeness (QED) is 0.298. The van der Waals surface area contributed by atoms with Crippen LogP contribution in [-0.2, 0) is 6.42 Å². The standard InChI is InChI=1S/C24H20S2/c1-2-3-7-16-10-12-19-21(14-16)25-24-20-13-11-18(15-22(20)26-23(19)24)17-8-5-4-6-9-17/h4-6,8-15H,2-3,7H2,1H3. The maximum atomic E-state index is 2.41. The smallest absolute Gasteiger partial charge is 0.0542 e. The van der Waals surface area contributed by atoms with Gasteiger partial charge in [0.2, 0.25) is 0 Å². The van der Waals surface area contributed by atoms with E-state index in [4.69, 9.17) is 0 Å². The molecule has 0 unspecified atom stereocenters. The Morgan fingerprint density at radius 3 is 2.12 bits per heavy atom. The van der Waals surface area contributed by atoms with E-state index in [9.17, 15) is 0 Å². The molecule has 0 aliphatic carbocycles. The normalized spacial score (nSPS) is 11.7. The molecule has 2 heteroatoms. The second-order valence-corrected chi connectivity index (χ2v) is 8.98. The van der Waals surface area contributed by atoms with Crippen LogP contribution in [0.4, 0.5) is 0 Å². The minimum absolute atomic E-state index is 1.19. The molecular formula is C24H20S2. The van der Waals surface area contributed by atoms with Crippen molar-refractivity contribution in [3.05, 3.63) is 72.3 Å². The van der Waals surface area contributed by atoms with Crippen LogP contribution in [0.5, 0.6) is 0 Å². The van der Waals surface area contributed by atoms with Crippen LogP contribution in [0.2, 0.25) is 0 Å². The van der Waals surface area contributed by atoms with Gasteiger partial charge in [0.05, 0.1) is 9.40 Å². The van der Waals surface area contributed by atoms with Crippen LogP contribution in [0.15, 0.2) is 66.7 Å². The molecule has 2 aromatic heterocycles. The summed E-state index contributed by atoms with van der Waals surface area (Å²) in [4.78, 5) is 0. The highest BCUT2D eigenvalue weighted by Gasteiger charge is 2.13. The first-order chi connectivity index (χ1) is 12.8. The largest absolute Gasteiger partial charge is 0.134 e. The highest BCUT2D eigenvalue weighted by molar-refractivity contribution is 7.36. The second kappa shape index (κ2) is 6.53. The second-order valence-electron chi connectivity index (χ2n) is 6.87. The van der Waals surface area contributed by atoms with E-state index in [1.807, 2.05) is 22.7 Å². The third kappa shape index (κ3) is 2.65. The maximum Gasteiger partial charge on any atom is 0.0542 e. The fourth-order valence-electron chi connectivity index (χ4n) is 3.65. The van der Waals surface area contributed by atoms with Gasteiger partial charge in [0.15, 0.2) is 0 Å². The molecular weight excluding hydrogens is 352 g/mol. The third-order valence-electron chi connectivity index (χ3n) is 5.07. The molecule has 0 saturated carbocycles. The predicted octanol–water partition coefficient (Wildman–Crippen LogP) is 8.28. The number of thiophene rings is 2. The van der Waals surface area contributed by atoms with Crippen molar-refractivity contribution in [2.24, 2.45) is 0 Å². The number of hydrogen-bond donors (Lipinski definition) is 0. The van der Waals surface area contributed by atoms with E-state index >= 15 is 0 Å². The Bertz CT molecular complexity index is 1210. The summed E-state index contributed by atoms with van der Waals surface area (Å²) in [5.41, 5.74) is 4.07. The molecule has 0 radical (unpaired) electrons. The maximum absolute atomic E-state index is 2.41. The topological polar surface area (TPSA) is 0 Å². The van der Waals surface area contributed by atoms with Crippen molar-refractivity contribution in [1.82, 2.24) is 0 Å². The molecule has 0 N–H and O–H groups in total. The van der Waals surface area contributed by atoms with Crippen LogP contribution in [0.3, 0.4) is 0 Å². The number of aryl methyl sites for hydroxylation is 1. The summed E-state index contributed by atoms with van der Waals surface area (Å²) in [6, 6.07) is 24.7. The van der Waals surface area contributed by atoms with Gasteiger partial charge in [0.1, 0.15) is 0 Å². The lowest BCUT2D eigenvalue weighted by atomic mass is 10.0. The summed E-state index contributed by atoms with van der Waals surface area (Å²) in [5, 5.41) is 2.83. The summed E-state index contributed by atoms with van der Waals surface area (Å²) in [6.07, 6.45) is 3.72. The zero-order chi connectivity index (χ0) is 17.5. The molecule has 5 aromatic rings. The molecule has 0 spiro atoms. The molecule has 128 valence electrons. The molecule has 2 heterocycles.